The molecule has 0 fully saturated rings. The summed E-state index contributed by atoms with van der Waals surface area (Å²) in [6.45, 7) is 0.459. The SMILES string of the molecule is CNCc1ccc(S(=O)(=O)Nc2cc(Br)cc(OC)c2)o1. The standard InChI is InChI=1S/C13H15BrN2O4S/c1-15-8-11-3-4-13(20-11)21(17,18)16-10-5-9(14)6-12(7-10)19-2/h3-7,15-16H,8H2,1-2H3. The zero-order valence-corrected chi connectivity index (χ0v) is 13.9. The van der Waals surface area contributed by atoms with Crippen molar-refractivity contribution >= 4 is 31.6 Å². The van der Waals surface area contributed by atoms with Gasteiger partial charge in [-0.25, -0.2) is 0 Å². The van der Waals surface area contributed by atoms with Crippen molar-refractivity contribution < 1.29 is 17.6 Å². The molecule has 21 heavy (non-hydrogen) atoms. The van der Waals surface area contributed by atoms with Crippen molar-refractivity contribution in [3.05, 3.63) is 40.6 Å². The topological polar surface area (TPSA) is 80.6 Å². The van der Waals surface area contributed by atoms with Gasteiger partial charge in [0.1, 0.15) is 11.5 Å². The number of hydrogen-bond acceptors (Lipinski definition) is 5. The molecule has 0 amide bonds. The van der Waals surface area contributed by atoms with E-state index in [0.29, 0.717) is 28.2 Å². The van der Waals surface area contributed by atoms with E-state index in [2.05, 4.69) is 26.0 Å². The number of nitrogens with one attached hydrogen (secondary N) is 2. The van der Waals surface area contributed by atoms with Gasteiger partial charge in [-0.3, -0.25) is 4.72 Å². The Morgan fingerprint density at radius 3 is 2.71 bits per heavy atom. The monoisotopic (exact) mass is 374 g/mol. The van der Waals surface area contributed by atoms with Gasteiger partial charge in [0.2, 0.25) is 5.09 Å². The Kier molecular flexibility index (Phi) is 4.92. The van der Waals surface area contributed by atoms with Gasteiger partial charge in [0, 0.05) is 10.5 Å². The van der Waals surface area contributed by atoms with Crippen LogP contribution in [0.5, 0.6) is 5.75 Å². The van der Waals surface area contributed by atoms with Crippen LogP contribution in [-0.2, 0) is 16.6 Å². The number of anilines is 1. The molecule has 1 heterocycles. The van der Waals surface area contributed by atoms with Gasteiger partial charge in [-0.1, -0.05) is 15.9 Å². The molecule has 0 aliphatic rings. The van der Waals surface area contributed by atoms with Crippen molar-refractivity contribution in [2.24, 2.45) is 0 Å². The predicted molar refractivity (Wildman–Crippen MR) is 83.0 cm³/mol. The van der Waals surface area contributed by atoms with Crippen LogP contribution in [0.1, 0.15) is 5.76 Å². The second-order valence-electron chi connectivity index (χ2n) is 4.24. The summed E-state index contributed by atoms with van der Waals surface area (Å²) in [4.78, 5) is 0. The van der Waals surface area contributed by atoms with Gasteiger partial charge >= 0.3 is 0 Å². The van der Waals surface area contributed by atoms with Crippen LogP contribution in [0, 0.1) is 0 Å². The number of hydrogen-bond donors (Lipinski definition) is 2. The minimum Gasteiger partial charge on any atom is -0.497 e. The number of rotatable bonds is 6. The van der Waals surface area contributed by atoms with Gasteiger partial charge in [-0.2, -0.15) is 8.42 Å². The summed E-state index contributed by atoms with van der Waals surface area (Å²) < 4.78 is 38.0. The number of sulfonamides is 1. The first-order chi connectivity index (χ1) is 9.94. The first kappa shape index (κ1) is 15.9. The van der Waals surface area contributed by atoms with Crippen LogP contribution in [0.3, 0.4) is 0 Å². The van der Waals surface area contributed by atoms with Crippen molar-refractivity contribution in [1.29, 1.82) is 0 Å². The van der Waals surface area contributed by atoms with E-state index in [4.69, 9.17) is 9.15 Å². The van der Waals surface area contributed by atoms with Crippen LogP contribution >= 0.6 is 15.9 Å². The number of benzene rings is 1. The maximum Gasteiger partial charge on any atom is 0.295 e. The average Bonchev–Trinajstić information content (AvgIpc) is 2.87. The average molecular weight is 375 g/mol. The van der Waals surface area contributed by atoms with Gasteiger partial charge in [-0.05, 0) is 31.3 Å². The highest BCUT2D eigenvalue weighted by Crippen LogP contribution is 2.26. The fourth-order valence-corrected chi connectivity index (χ4v) is 3.18. The molecule has 2 N–H and O–H groups in total. The molecule has 2 aromatic rings. The Morgan fingerprint density at radius 2 is 2.05 bits per heavy atom. The third kappa shape index (κ3) is 3.99. The van der Waals surface area contributed by atoms with E-state index in [1.165, 1.54) is 13.2 Å². The lowest BCUT2D eigenvalue weighted by atomic mass is 10.3. The number of halogens is 1. The van der Waals surface area contributed by atoms with Crippen LogP contribution in [0.15, 0.2) is 44.3 Å². The molecule has 0 bridgehead atoms. The molecule has 0 saturated heterocycles. The van der Waals surface area contributed by atoms with Crippen molar-refractivity contribution in [2.75, 3.05) is 18.9 Å². The third-order valence-corrected chi connectivity index (χ3v) is 4.32. The minimum absolute atomic E-state index is 0.133. The summed E-state index contributed by atoms with van der Waals surface area (Å²) in [7, 11) is -0.510. The highest BCUT2D eigenvalue weighted by atomic mass is 79.9. The fraction of sp³-hybridized carbons (Fsp3) is 0.231. The molecule has 8 heteroatoms. The Morgan fingerprint density at radius 1 is 1.29 bits per heavy atom. The second-order valence-corrected chi connectivity index (χ2v) is 6.77. The zero-order chi connectivity index (χ0) is 15.5. The lowest BCUT2D eigenvalue weighted by Crippen LogP contribution is -2.12. The van der Waals surface area contributed by atoms with Gasteiger partial charge in [-0.15, -0.1) is 0 Å². The maximum absolute atomic E-state index is 12.2. The van der Waals surface area contributed by atoms with Crippen molar-refractivity contribution in [2.45, 2.75) is 11.6 Å². The zero-order valence-electron chi connectivity index (χ0n) is 11.5. The molecular weight excluding hydrogens is 360 g/mol. The highest BCUT2D eigenvalue weighted by Gasteiger charge is 2.19. The summed E-state index contributed by atoms with van der Waals surface area (Å²) in [6, 6.07) is 7.99. The fourth-order valence-electron chi connectivity index (χ4n) is 1.72. The predicted octanol–water partition coefficient (Wildman–Crippen LogP) is 2.57. The molecule has 1 aromatic carbocycles. The second kappa shape index (κ2) is 6.50. The van der Waals surface area contributed by atoms with Crippen LogP contribution in [0.25, 0.3) is 0 Å². The summed E-state index contributed by atoms with van der Waals surface area (Å²) in [5, 5.41) is 2.76. The normalized spacial score (nSPS) is 11.4. The lowest BCUT2D eigenvalue weighted by Gasteiger charge is -2.08. The van der Waals surface area contributed by atoms with Crippen LogP contribution in [0.4, 0.5) is 5.69 Å². The lowest BCUT2D eigenvalue weighted by molar-refractivity contribution is 0.408. The Bertz CT molecular complexity index is 728. The molecule has 2 rings (SSSR count). The molecule has 0 radical (unpaired) electrons. The summed E-state index contributed by atoms with van der Waals surface area (Å²) in [5.41, 5.74) is 0.382. The van der Waals surface area contributed by atoms with Crippen LogP contribution in [-0.4, -0.2) is 22.6 Å². The first-order valence-electron chi connectivity index (χ1n) is 6.05. The van der Waals surface area contributed by atoms with E-state index in [9.17, 15) is 8.42 Å². The third-order valence-electron chi connectivity index (χ3n) is 2.61. The Labute approximate surface area is 131 Å². The molecule has 0 aliphatic carbocycles. The van der Waals surface area contributed by atoms with Crippen molar-refractivity contribution in [3.63, 3.8) is 0 Å². The molecule has 114 valence electrons. The smallest absolute Gasteiger partial charge is 0.295 e. The van der Waals surface area contributed by atoms with Crippen molar-refractivity contribution in [1.82, 2.24) is 5.32 Å². The van der Waals surface area contributed by atoms with Crippen molar-refractivity contribution in [3.8, 4) is 5.75 Å². The van der Waals surface area contributed by atoms with E-state index in [0.717, 1.165) is 0 Å². The molecule has 0 unspecified atom stereocenters. The molecule has 0 saturated carbocycles. The Hall–Kier alpha value is -1.51. The maximum atomic E-state index is 12.2. The van der Waals surface area contributed by atoms with E-state index in [1.807, 2.05) is 0 Å². The first-order valence-corrected chi connectivity index (χ1v) is 8.33. The molecule has 1 aromatic heterocycles. The molecule has 6 nitrogen and oxygen atoms in total. The summed E-state index contributed by atoms with van der Waals surface area (Å²) in [6.07, 6.45) is 0. The number of ether oxygens (including phenoxy) is 1. The minimum atomic E-state index is -3.77. The molecule has 0 atom stereocenters. The van der Waals surface area contributed by atoms with Crippen LogP contribution in [0.2, 0.25) is 0 Å². The van der Waals surface area contributed by atoms with Gasteiger partial charge < -0.3 is 14.5 Å². The number of furan rings is 1. The quantitative estimate of drug-likeness (QED) is 0.811. The van der Waals surface area contributed by atoms with E-state index in [1.54, 1.807) is 31.3 Å². The van der Waals surface area contributed by atoms with Crippen LogP contribution < -0.4 is 14.8 Å². The summed E-state index contributed by atoms with van der Waals surface area (Å²) in [5.74, 6) is 1.09. The largest absolute Gasteiger partial charge is 0.497 e. The Balaban J connectivity index is 2.26. The van der Waals surface area contributed by atoms with Gasteiger partial charge in [0.05, 0.1) is 19.3 Å². The molecule has 0 aliphatic heterocycles. The van der Waals surface area contributed by atoms with E-state index < -0.39 is 10.0 Å². The highest BCUT2D eigenvalue weighted by molar-refractivity contribution is 9.10. The van der Waals surface area contributed by atoms with E-state index >= 15 is 0 Å². The molecular formula is C13H15BrN2O4S. The molecule has 0 spiro atoms. The summed E-state index contributed by atoms with van der Waals surface area (Å²) >= 11 is 3.30. The van der Waals surface area contributed by atoms with E-state index in [-0.39, 0.29) is 5.09 Å². The van der Waals surface area contributed by atoms with Gasteiger partial charge in [0.15, 0.2) is 0 Å². The van der Waals surface area contributed by atoms with Gasteiger partial charge in [0.25, 0.3) is 10.0 Å². The number of methoxy groups -OCH3 is 1.